The molecule has 0 spiro atoms. The molecule has 5 nitrogen and oxygen atoms in total. The molecule has 6 heteroatoms. The zero-order valence-corrected chi connectivity index (χ0v) is 17.1. The van der Waals surface area contributed by atoms with Crippen molar-refractivity contribution in [3.63, 3.8) is 0 Å². The molecule has 1 aromatic heterocycles. The highest BCUT2D eigenvalue weighted by molar-refractivity contribution is 9.10. The number of carbonyl (C=O) groups excluding carboxylic acids is 1. The first kappa shape index (κ1) is 18.7. The Kier molecular flexibility index (Phi) is 5.48. The van der Waals surface area contributed by atoms with Gasteiger partial charge in [-0.1, -0.05) is 40.2 Å². The number of aryl methyl sites for hydroxylation is 1. The number of amides is 2. The van der Waals surface area contributed by atoms with Crippen molar-refractivity contribution in [1.82, 2.24) is 14.8 Å². The van der Waals surface area contributed by atoms with Crippen LogP contribution in [0.5, 0.6) is 0 Å². The number of aromatic nitrogens is 1. The molecule has 3 aromatic rings. The van der Waals surface area contributed by atoms with Crippen LogP contribution in [0.25, 0.3) is 10.9 Å². The molecule has 0 aliphatic carbocycles. The summed E-state index contributed by atoms with van der Waals surface area (Å²) in [5.74, 6) is 0. The fourth-order valence-corrected chi connectivity index (χ4v) is 4.06. The third-order valence-corrected chi connectivity index (χ3v) is 5.66. The molecule has 4 rings (SSSR count). The predicted octanol–water partition coefficient (Wildman–Crippen LogP) is 4.27. The summed E-state index contributed by atoms with van der Waals surface area (Å²) in [6, 6.07) is 17.5. The standard InChI is InChI=1S/C22H22BrN3O2/c23-19-8-9-20-16(13-19)7-10-21(27)26(20)12-4-3-11-24-22(28)25-14-17-5-1-2-6-18(17)15-25/h1-2,5-10,13H,3-4,11-12,14-15H2,(H,24,28). The van der Waals surface area contributed by atoms with Crippen molar-refractivity contribution in [2.24, 2.45) is 0 Å². The van der Waals surface area contributed by atoms with Crippen molar-refractivity contribution in [3.8, 4) is 0 Å². The number of nitrogens with one attached hydrogen (secondary N) is 1. The van der Waals surface area contributed by atoms with Gasteiger partial charge >= 0.3 is 6.03 Å². The number of pyridine rings is 1. The molecular weight excluding hydrogens is 418 g/mol. The number of benzene rings is 2. The van der Waals surface area contributed by atoms with E-state index in [9.17, 15) is 9.59 Å². The van der Waals surface area contributed by atoms with E-state index >= 15 is 0 Å². The van der Waals surface area contributed by atoms with Crippen LogP contribution in [0, 0.1) is 0 Å². The number of halogens is 1. The first-order valence-corrected chi connectivity index (χ1v) is 10.3. The first-order chi connectivity index (χ1) is 13.6. The van der Waals surface area contributed by atoms with Gasteiger partial charge in [0, 0.05) is 36.7 Å². The van der Waals surface area contributed by atoms with Crippen molar-refractivity contribution >= 4 is 32.9 Å². The number of hydrogen-bond donors (Lipinski definition) is 1. The average molecular weight is 440 g/mol. The zero-order valence-electron chi connectivity index (χ0n) is 15.5. The molecule has 0 bridgehead atoms. The Morgan fingerprint density at radius 1 is 1.00 bits per heavy atom. The Labute approximate surface area is 172 Å². The van der Waals surface area contributed by atoms with Crippen molar-refractivity contribution in [1.29, 1.82) is 0 Å². The van der Waals surface area contributed by atoms with Gasteiger partial charge in [0.15, 0.2) is 0 Å². The molecule has 2 aromatic carbocycles. The van der Waals surface area contributed by atoms with Crippen LogP contribution >= 0.6 is 15.9 Å². The van der Waals surface area contributed by atoms with Gasteiger partial charge < -0.3 is 14.8 Å². The van der Waals surface area contributed by atoms with Crippen molar-refractivity contribution in [2.75, 3.05) is 6.54 Å². The van der Waals surface area contributed by atoms with E-state index in [2.05, 4.69) is 33.4 Å². The Morgan fingerprint density at radius 3 is 2.50 bits per heavy atom. The van der Waals surface area contributed by atoms with Gasteiger partial charge in [0.2, 0.25) is 0 Å². The number of fused-ring (bicyclic) bond motifs is 2. The number of hydrogen-bond acceptors (Lipinski definition) is 2. The van der Waals surface area contributed by atoms with E-state index in [0.29, 0.717) is 26.2 Å². The first-order valence-electron chi connectivity index (χ1n) is 9.50. The largest absolute Gasteiger partial charge is 0.338 e. The summed E-state index contributed by atoms with van der Waals surface area (Å²) in [4.78, 5) is 26.4. The summed E-state index contributed by atoms with van der Waals surface area (Å²) < 4.78 is 2.80. The fraction of sp³-hybridized carbons (Fsp3) is 0.273. The third-order valence-electron chi connectivity index (χ3n) is 5.16. The second kappa shape index (κ2) is 8.19. The Hall–Kier alpha value is -2.60. The van der Waals surface area contributed by atoms with Crippen LogP contribution in [-0.4, -0.2) is 22.0 Å². The van der Waals surface area contributed by atoms with Gasteiger partial charge in [0.25, 0.3) is 5.56 Å². The Balaban J connectivity index is 1.28. The summed E-state index contributed by atoms with van der Waals surface area (Å²) in [6.45, 7) is 2.59. The van der Waals surface area contributed by atoms with Crippen LogP contribution in [-0.2, 0) is 19.6 Å². The molecular formula is C22H22BrN3O2. The molecule has 0 saturated heterocycles. The number of carbonyl (C=O) groups is 1. The van der Waals surface area contributed by atoms with Crippen LogP contribution < -0.4 is 10.9 Å². The second-order valence-corrected chi connectivity index (χ2v) is 8.01. The average Bonchev–Trinajstić information content (AvgIpc) is 3.13. The van der Waals surface area contributed by atoms with Crippen molar-refractivity contribution in [2.45, 2.75) is 32.5 Å². The van der Waals surface area contributed by atoms with E-state index in [1.165, 1.54) is 11.1 Å². The van der Waals surface area contributed by atoms with Crippen LogP contribution in [0.4, 0.5) is 4.79 Å². The molecule has 1 N–H and O–H groups in total. The number of nitrogens with zero attached hydrogens (tertiary/aromatic N) is 2. The lowest BCUT2D eigenvalue weighted by Crippen LogP contribution is -2.37. The van der Waals surface area contributed by atoms with E-state index in [1.54, 1.807) is 10.6 Å². The van der Waals surface area contributed by atoms with Crippen molar-refractivity contribution < 1.29 is 4.79 Å². The lowest BCUT2D eigenvalue weighted by atomic mass is 10.1. The Bertz CT molecular complexity index is 1050. The summed E-state index contributed by atoms with van der Waals surface area (Å²) >= 11 is 3.47. The number of unbranched alkanes of at least 4 members (excludes halogenated alkanes) is 1. The SMILES string of the molecule is O=C(NCCCCn1c(=O)ccc2cc(Br)ccc21)N1Cc2ccccc2C1. The van der Waals surface area contributed by atoms with Gasteiger partial charge in [-0.05, 0) is 53.6 Å². The van der Waals surface area contributed by atoms with Gasteiger partial charge in [-0.25, -0.2) is 4.79 Å². The smallest absolute Gasteiger partial charge is 0.318 e. The summed E-state index contributed by atoms with van der Waals surface area (Å²) in [5.41, 5.74) is 3.39. The van der Waals surface area contributed by atoms with Gasteiger partial charge in [0.1, 0.15) is 0 Å². The highest BCUT2D eigenvalue weighted by Crippen LogP contribution is 2.22. The lowest BCUT2D eigenvalue weighted by Gasteiger charge is -2.16. The highest BCUT2D eigenvalue weighted by Gasteiger charge is 2.22. The van der Waals surface area contributed by atoms with Crippen LogP contribution in [0.3, 0.4) is 0 Å². The summed E-state index contributed by atoms with van der Waals surface area (Å²) in [6.07, 6.45) is 1.65. The molecule has 0 fully saturated rings. The Morgan fingerprint density at radius 2 is 1.75 bits per heavy atom. The molecule has 0 saturated carbocycles. The molecule has 144 valence electrons. The fourth-order valence-electron chi connectivity index (χ4n) is 3.68. The number of urea groups is 1. The van der Waals surface area contributed by atoms with Crippen LogP contribution in [0.1, 0.15) is 24.0 Å². The number of rotatable bonds is 5. The molecule has 1 aliphatic rings. The maximum Gasteiger partial charge on any atom is 0.318 e. The summed E-state index contributed by atoms with van der Waals surface area (Å²) in [5, 5.41) is 4.04. The highest BCUT2D eigenvalue weighted by atomic mass is 79.9. The van der Waals surface area contributed by atoms with Gasteiger partial charge in [-0.15, -0.1) is 0 Å². The van der Waals surface area contributed by atoms with E-state index < -0.39 is 0 Å². The predicted molar refractivity (Wildman–Crippen MR) is 114 cm³/mol. The van der Waals surface area contributed by atoms with E-state index in [-0.39, 0.29) is 11.6 Å². The maximum absolute atomic E-state index is 12.4. The van der Waals surface area contributed by atoms with Crippen LogP contribution in [0.2, 0.25) is 0 Å². The molecule has 2 amide bonds. The normalized spacial score (nSPS) is 13.0. The van der Waals surface area contributed by atoms with Crippen molar-refractivity contribution in [3.05, 3.63) is 80.6 Å². The molecule has 0 radical (unpaired) electrons. The maximum atomic E-state index is 12.4. The molecule has 28 heavy (non-hydrogen) atoms. The topological polar surface area (TPSA) is 54.3 Å². The minimum Gasteiger partial charge on any atom is -0.338 e. The quantitative estimate of drug-likeness (QED) is 0.603. The van der Waals surface area contributed by atoms with Gasteiger partial charge in [0.05, 0.1) is 5.52 Å². The van der Waals surface area contributed by atoms with E-state index in [0.717, 1.165) is 28.2 Å². The van der Waals surface area contributed by atoms with Gasteiger partial charge in [-0.2, -0.15) is 0 Å². The van der Waals surface area contributed by atoms with E-state index in [1.807, 2.05) is 41.3 Å². The second-order valence-electron chi connectivity index (χ2n) is 7.09. The molecule has 2 heterocycles. The molecule has 0 unspecified atom stereocenters. The third kappa shape index (κ3) is 3.97. The monoisotopic (exact) mass is 439 g/mol. The molecule has 0 atom stereocenters. The zero-order chi connectivity index (χ0) is 19.5. The lowest BCUT2D eigenvalue weighted by molar-refractivity contribution is 0.198. The van der Waals surface area contributed by atoms with Crippen LogP contribution in [0.15, 0.2) is 63.9 Å². The van der Waals surface area contributed by atoms with E-state index in [4.69, 9.17) is 0 Å². The summed E-state index contributed by atoms with van der Waals surface area (Å²) in [7, 11) is 0. The molecule has 1 aliphatic heterocycles. The minimum atomic E-state index is -0.0246. The minimum absolute atomic E-state index is 0.00805. The van der Waals surface area contributed by atoms with Gasteiger partial charge in [-0.3, -0.25) is 4.79 Å².